The van der Waals surface area contributed by atoms with E-state index in [9.17, 15) is 0 Å². The molecule has 2 heteroatoms. The normalized spacial score (nSPS) is 10.4. The van der Waals surface area contributed by atoms with Crippen LogP contribution in [-0.4, -0.2) is 6.61 Å². The Morgan fingerprint density at radius 3 is 2.62 bits per heavy atom. The summed E-state index contributed by atoms with van der Waals surface area (Å²) in [7, 11) is 0. The maximum absolute atomic E-state index is 5.79. The van der Waals surface area contributed by atoms with Crippen molar-refractivity contribution in [2.75, 3.05) is 6.61 Å². The molecule has 0 N–H and O–H groups in total. The fraction of sp³-hybridized carbons (Fsp3) is 0.571. The van der Waals surface area contributed by atoms with Crippen LogP contribution in [0.4, 0.5) is 0 Å². The van der Waals surface area contributed by atoms with Crippen LogP contribution in [0, 0.1) is 10.5 Å². The second-order valence-corrected chi connectivity index (χ2v) is 5.42. The van der Waals surface area contributed by atoms with E-state index in [1.54, 1.807) is 0 Å². The molecule has 16 heavy (non-hydrogen) atoms. The van der Waals surface area contributed by atoms with E-state index in [1.807, 2.05) is 0 Å². The largest absolute Gasteiger partial charge is 0.493 e. The zero-order valence-electron chi connectivity index (χ0n) is 10.3. The number of hydrogen-bond acceptors (Lipinski definition) is 1. The quantitative estimate of drug-likeness (QED) is 0.507. The number of aryl methyl sites for hydroxylation is 1. The van der Waals surface area contributed by atoms with E-state index in [2.05, 4.69) is 54.6 Å². The molecule has 0 saturated carbocycles. The molecule has 0 heterocycles. The van der Waals surface area contributed by atoms with E-state index in [0.29, 0.717) is 0 Å². The number of benzene rings is 1. The molecule has 1 rings (SSSR count). The Kier molecular flexibility index (Phi) is 6.85. The molecular weight excluding hydrogens is 311 g/mol. The van der Waals surface area contributed by atoms with Gasteiger partial charge in [-0.2, -0.15) is 0 Å². The van der Waals surface area contributed by atoms with Gasteiger partial charge in [0, 0.05) is 3.57 Å². The minimum absolute atomic E-state index is 0.852. The standard InChI is InChI=1S/C14H21IO/c1-3-4-5-6-7-10-16-14-11-13(15)9-8-12(14)2/h8-9,11H,3-7,10H2,1-2H3. The Labute approximate surface area is 113 Å². The van der Waals surface area contributed by atoms with Gasteiger partial charge in [0.1, 0.15) is 5.75 Å². The highest BCUT2D eigenvalue weighted by molar-refractivity contribution is 14.1. The van der Waals surface area contributed by atoms with Gasteiger partial charge in [0.15, 0.2) is 0 Å². The summed E-state index contributed by atoms with van der Waals surface area (Å²) in [4.78, 5) is 0. The van der Waals surface area contributed by atoms with Gasteiger partial charge in [-0.1, -0.05) is 38.7 Å². The number of unbranched alkanes of at least 4 members (excludes halogenated alkanes) is 4. The highest BCUT2D eigenvalue weighted by Crippen LogP contribution is 2.20. The van der Waals surface area contributed by atoms with E-state index in [-0.39, 0.29) is 0 Å². The van der Waals surface area contributed by atoms with Crippen LogP contribution in [0.3, 0.4) is 0 Å². The Hall–Kier alpha value is -0.250. The van der Waals surface area contributed by atoms with Crippen molar-refractivity contribution in [2.45, 2.75) is 46.0 Å². The summed E-state index contributed by atoms with van der Waals surface area (Å²) in [6.07, 6.45) is 6.45. The summed E-state index contributed by atoms with van der Waals surface area (Å²) < 4.78 is 7.03. The first kappa shape index (κ1) is 13.8. The smallest absolute Gasteiger partial charge is 0.123 e. The number of ether oxygens (including phenoxy) is 1. The molecule has 0 fully saturated rings. The average molecular weight is 332 g/mol. The fourth-order valence-electron chi connectivity index (χ4n) is 1.62. The fourth-order valence-corrected chi connectivity index (χ4v) is 2.08. The third kappa shape index (κ3) is 5.19. The first-order valence-corrected chi connectivity index (χ1v) is 7.21. The van der Waals surface area contributed by atoms with Crippen LogP contribution in [0.2, 0.25) is 0 Å². The zero-order chi connectivity index (χ0) is 11.8. The van der Waals surface area contributed by atoms with Gasteiger partial charge >= 0.3 is 0 Å². The average Bonchev–Trinajstić information content (AvgIpc) is 2.28. The van der Waals surface area contributed by atoms with E-state index >= 15 is 0 Å². The molecule has 1 aromatic carbocycles. The Morgan fingerprint density at radius 2 is 1.88 bits per heavy atom. The lowest BCUT2D eigenvalue weighted by Gasteiger charge is -2.09. The maximum Gasteiger partial charge on any atom is 0.123 e. The summed E-state index contributed by atoms with van der Waals surface area (Å²) in [6, 6.07) is 6.35. The number of hydrogen-bond donors (Lipinski definition) is 0. The van der Waals surface area contributed by atoms with Crippen molar-refractivity contribution < 1.29 is 4.74 Å². The molecule has 0 amide bonds. The third-order valence-electron chi connectivity index (χ3n) is 2.66. The summed E-state index contributed by atoms with van der Waals surface area (Å²) in [5, 5.41) is 0. The molecule has 0 aliphatic carbocycles. The number of halogens is 1. The van der Waals surface area contributed by atoms with Gasteiger partial charge in [0.05, 0.1) is 6.61 Å². The summed E-state index contributed by atoms with van der Waals surface area (Å²) in [6.45, 7) is 5.19. The molecule has 90 valence electrons. The highest BCUT2D eigenvalue weighted by atomic mass is 127. The SMILES string of the molecule is CCCCCCCOc1cc(I)ccc1C. The molecule has 0 aliphatic heterocycles. The molecule has 0 bridgehead atoms. The Balaban J connectivity index is 2.23. The molecule has 0 radical (unpaired) electrons. The van der Waals surface area contributed by atoms with Gasteiger partial charge in [-0.15, -0.1) is 0 Å². The van der Waals surface area contributed by atoms with Crippen molar-refractivity contribution >= 4 is 22.6 Å². The predicted octanol–water partition coefficient (Wildman–Crippen LogP) is 4.95. The van der Waals surface area contributed by atoms with Gasteiger partial charge in [-0.3, -0.25) is 0 Å². The van der Waals surface area contributed by atoms with Crippen LogP contribution in [0.15, 0.2) is 18.2 Å². The molecule has 0 spiro atoms. The first-order chi connectivity index (χ1) is 7.74. The Morgan fingerprint density at radius 1 is 1.12 bits per heavy atom. The lowest BCUT2D eigenvalue weighted by molar-refractivity contribution is 0.302. The van der Waals surface area contributed by atoms with Crippen molar-refractivity contribution in [3.05, 3.63) is 27.3 Å². The highest BCUT2D eigenvalue weighted by Gasteiger charge is 1.99. The maximum atomic E-state index is 5.79. The minimum atomic E-state index is 0.852. The van der Waals surface area contributed by atoms with Gasteiger partial charge in [-0.05, 0) is 53.6 Å². The molecule has 0 atom stereocenters. The molecule has 1 aromatic rings. The van der Waals surface area contributed by atoms with Crippen LogP contribution < -0.4 is 4.74 Å². The van der Waals surface area contributed by atoms with E-state index in [0.717, 1.165) is 12.4 Å². The molecule has 0 aromatic heterocycles. The van der Waals surface area contributed by atoms with Gasteiger partial charge < -0.3 is 4.74 Å². The van der Waals surface area contributed by atoms with E-state index in [4.69, 9.17) is 4.74 Å². The van der Waals surface area contributed by atoms with Crippen molar-refractivity contribution in [1.29, 1.82) is 0 Å². The van der Waals surface area contributed by atoms with Crippen molar-refractivity contribution in [2.24, 2.45) is 0 Å². The summed E-state index contributed by atoms with van der Waals surface area (Å²) in [5.41, 5.74) is 1.23. The molecule has 0 unspecified atom stereocenters. The number of rotatable bonds is 7. The van der Waals surface area contributed by atoms with Crippen molar-refractivity contribution in [1.82, 2.24) is 0 Å². The van der Waals surface area contributed by atoms with Crippen LogP contribution in [0.5, 0.6) is 5.75 Å². The Bertz CT molecular complexity index is 310. The predicted molar refractivity (Wildman–Crippen MR) is 78.2 cm³/mol. The third-order valence-corrected chi connectivity index (χ3v) is 3.33. The topological polar surface area (TPSA) is 9.23 Å². The first-order valence-electron chi connectivity index (χ1n) is 6.13. The lowest BCUT2D eigenvalue weighted by atomic mass is 10.2. The van der Waals surface area contributed by atoms with E-state index < -0.39 is 0 Å². The molecular formula is C14H21IO. The second kappa shape index (κ2) is 7.93. The minimum Gasteiger partial charge on any atom is -0.493 e. The monoisotopic (exact) mass is 332 g/mol. The molecule has 0 aliphatic rings. The zero-order valence-corrected chi connectivity index (χ0v) is 12.4. The van der Waals surface area contributed by atoms with Crippen LogP contribution in [0.25, 0.3) is 0 Å². The van der Waals surface area contributed by atoms with Gasteiger partial charge in [0.25, 0.3) is 0 Å². The summed E-state index contributed by atoms with van der Waals surface area (Å²) >= 11 is 2.32. The summed E-state index contributed by atoms with van der Waals surface area (Å²) in [5.74, 6) is 1.04. The van der Waals surface area contributed by atoms with E-state index in [1.165, 1.54) is 41.2 Å². The molecule has 0 saturated heterocycles. The lowest BCUT2D eigenvalue weighted by Crippen LogP contribution is -1.99. The van der Waals surface area contributed by atoms with Crippen LogP contribution in [0.1, 0.15) is 44.6 Å². The van der Waals surface area contributed by atoms with Gasteiger partial charge in [-0.25, -0.2) is 0 Å². The van der Waals surface area contributed by atoms with Crippen LogP contribution >= 0.6 is 22.6 Å². The van der Waals surface area contributed by atoms with Crippen LogP contribution in [-0.2, 0) is 0 Å². The second-order valence-electron chi connectivity index (χ2n) is 4.17. The molecule has 1 nitrogen and oxygen atoms in total. The van der Waals surface area contributed by atoms with Crippen molar-refractivity contribution in [3.63, 3.8) is 0 Å². The van der Waals surface area contributed by atoms with Gasteiger partial charge in [0.2, 0.25) is 0 Å². The van der Waals surface area contributed by atoms with Crippen molar-refractivity contribution in [3.8, 4) is 5.75 Å².